The monoisotopic (exact) mass is 189 g/mol. The minimum Gasteiger partial charge on any atom is -0.341 e. The molecule has 0 saturated carbocycles. The Bertz CT molecular complexity index is 510. The fourth-order valence-corrected chi connectivity index (χ4v) is 1.27. The molecule has 4 heteroatoms. The van der Waals surface area contributed by atoms with Crippen molar-refractivity contribution in [2.75, 3.05) is 0 Å². The van der Waals surface area contributed by atoms with Crippen molar-refractivity contribution in [3.8, 4) is 6.07 Å². The Kier molecular flexibility index (Phi) is 1.93. The lowest BCUT2D eigenvalue weighted by atomic mass is 10.2. The second-order valence-corrected chi connectivity index (χ2v) is 3.13. The first kappa shape index (κ1) is 8.70. The standard InChI is InChI=1S/C10H8FN3/c1-6(5-12)10-13-8-3-2-7(11)4-9(8)14-10/h2-4,6H,1H3,(H,13,14). The zero-order valence-electron chi connectivity index (χ0n) is 7.58. The number of aromatic nitrogens is 2. The van der Waals surface area contributed by atoms with Crippen molar-refractivity contribution >= 4 is 11.0 Å². The van der Waals surface area contributed by atoms with Crippen molar-refractivity contribution in [2.24, 2.45) is 0 Å². The maximum absolute atomic E-state index is 12.8. The number of nitriles is 1. The Morgan fingerprint density at radius 2 is 2.36 bits per heavy atom. The largest absolute Gasteiger partial charge is 0.341 e. The quantitative estimate of drug-likeness (QED) is 0.748. The van der Waals surface area contributed by atoms with Crippen molar-refractivity contribution in [1.82, 2.24) is 9.97 Å². The van der Waals surface area contributed by atoms with Crippen LogP contribution in [0.1, 0.15) is 18.7 Å². The van der Waals surface area contributed by atoms with E-state index in [2.05, 4.69) is 16.0 Å². The van der Waals surface area contributed by atoms with Crippen LogP contribution in [0, 0.1) is 17.1 Å². The lowest BCUT2D eigenvalue weighted by molar-refractivity contribution is 0.629. The van der Waals surface area contributed by atoms with Gasteiger partial charge in [0.1, 0.15) is 17.6 Å². The van der Waals surface area contributed by atoms with Gasteiger partial charge in [-0.1, -0.05) is 0 Å². The lowest BCUT2D eigenvalue weighted by Gasteiger charge is -1.92. The van der Waals surface area contributed by atoms with Crippen molar-refractivity contribution in [2.45, 2.75) is 12.8 Å². The van der Waals surface area contributed by atoms with E-state index in [-0.39, 0.29) is 11.7 Å². The summed E-state index contributed by atoms with van der Waals surface area (Å²) in [5.41, 5.74) is 1.31. The highest BCUT2D eigenvalue weighted by molar-refractivity contribution is 5.75. The SMILES string of the molecule is CC(C#N)c1nc2ccc(F)cc2[nH]1. The maximum atomic E-state index is 12.8. The number of hydrogen-bond acceptors (Lipinski definition) is 2. The molecule has 1 aromatic heterocycles. The molecule has 1 atom stereocenters. The molecule has 1 N–H and O–H groups in total. The molecule has 0 aliphatic heterocycles. The lowest BCUT2D eigenvalue weighted by Crippen LogP contribution is -1.91. The molecule has 3 nitrogen and oxygen atoms in total. The van der Waals surface area contributed by atoms with E-state index in [1.54, 1.807) is 13.0 Å². The van der Waals surface area contributed by atoms with Crippen LogP contribution < -0.4 is 0 Å². The van der Waals surface area contributed by atoms with Gasteiger partial charge in [-0.3, -0.25) is 0 Å². The van der Waals surface area contributed by atoms with Crippen LogP contribution in [0.4, 0.5) is 4.39 Å². The van der Waals surface area contributed by atoms with Crippen molar-refractivity contribution in [3.63, 3.8) is 0 Å². The smallest absolute Gasteiger partial charge is 0.125 e. The molecule has 0 amide bonds. The number of fused-ring (bicyclic) bond motifs is 1. The molecule has 1 aromatic carbocycles. The number of imidazole rings is 1. The summed E-state index contributed by atoms with van der Waals surface area (Å²) < 4.78 is 12.8. The first-order valence-electron chi connectivity index (χ1n) is 4.25. The number of rotatable bonds is 1. The predicted molar refractivity (Wildman–Crippen MR) is 50.1 cm³/mol. The third kappa shape index (κ3) is 1.33. The molecular weight excluding hydrogens is 181 g/mol. The molecule has 0 bridgehead atoms. The third-order valence-electron chi connectivity index (χ3n) is 2.07. The third-order valence-corrected chi connectivity index (χ3v) is 2.07. The Morgan fingerprint density at radius 1 is 1.57 bits per heavy atom. The molecule has 1 unspecified atom stereocenters. The van der Waals surface area contributed by atoms with Gasteiger partial charge in [-0.25, -0.2) is 9.37 Å². The summed E-state index contributed by atoms with van der Waals surface area (Å²) in [7, 11) is 0. The van der Waals surface area contributed by atoms with Crippen molar-refractivity contribution in [3.05, 3.63) is 29.8 Å². The first-order chi connectivity index (χ1) is 6.70. The highest BCUT2D eigenvalue weighted by Gasteiger charge is 2.09. The summed E-state index contributed by atoms with van der Waals surface area (Å²) in [6.45, 7) is 1.74. The van der Waals surface area contributed by atoms with Crippen LogP contribution in [0.3, 0.4) is 0 Å². The van der Waals surface area contributed by atoms with Gasteiger partial charge in [-0.15, -0.1) is 0 Å². The van der Waals surface area contributed by atoms with Gasteiger partial charge < -0.3 is 4.98 Å². The van der Waals surface area contributed by atoms with Gasteiger partial charge in [0.25, 0.3) is 0 Å². The zero-order chi connectivity index (χ0) is 10.1. The van der Waals surface area contributed by atoms with Crippen LogP contribution in [-0.4, -0.2) is 9.97 Å². The maximum Gasteiger partial charge on any atom is 0.125 e. The van der Waals surface area contributed by atoms with E-state index in [1.165, 1.54) is 12.1 Å². The number of benzene rings is 1. The number of nitrogens with zero attached hydrogens (tertiary/aromatic N) is 2. The number of H-pyrrole nitrogens is 1. The van der Waals surface area contributed by atoms with E-state index >= 15 is 0 Å². The molecule has 0 saturated heterocycles. The molecule has 0 aliphatic carbocycles. The topological polar surface area (TPSA) is 52.5 Å². The van der Waals surface area contributed by atoms with E-state index in [1.807, 2.05) is 0 Å². The fraction of sp³-hybridized carbons (Fsp3) is 0.200. The molecule has 0 aliphatic rings. The van der Waals surface area contributed by atoms with Crippen LogP contribution in [0.2, 0.25) is 0 Å². The predicted octanol–water partition coefficient (Wildman–Crippen LogP) is 2.33. The van der Waals surface area contributed by atoms with E-state index in [9.17, 15) is 4.39 Å². The van der Waals surface area contributed by atoms with Gasteiger partial charge >= 0.3 is 0 Å². The molecule has 2 rings (SSSR count). The minimum absolute atomic E-state index is 0.300. The first-order valence-corrected chi connectivity index (χ1v) is 4.25. The highest BCUT2D eigenvalue weighted by Crippen LogP contribution is 2.17. The van der Waals surface area contributed by atoms with E-state index < -0.39 is 0 Å². The molecule has 1 heterocycles. The summed E-state index contributed by atoms with van der Waals surface area (Å²) in [6.07, 6.45) is 0. The van der Waals surface area contributed by atoms with Gasteiger partial charge in [0.05, 0.1) is 17.1 Å². The summed E-state index contributed by atoms with van der Waals surface area (Å²) in [6, 6.07) is 6.38. The van der Waals surface area contributed by atoms with Gasteiger partial charge in [-0.05, 0) is 25.1 Å². The summed E-state index contributed by atoms with van der Waals surface area (Å²) >= 11 is 0. The second-order valence-electron chi connectivity index (χ2n) is 3.13. The molecule has 14 heavy (non-hydrogen) atoms. The van der Waals surface area contributed by atoms with Gasteiger partial charge in [0.2, 0.25) is 0 Å². The Hall–Kier alpha value is -1.89. The summed E-state index contributed by atoms with van der Waals surface area (Å²) in [5.74, 6) is -0.0316. The normalized spacial score (nSPS) is 12.6. The fourth-order valence-electron chi connectivity index (χ4n) is 1.27. The minimum atomic E-state index is -0.308. The second kappa shape index (κ2) is 3.11. The van der Waals surface area contributed by atoms with Crippen LogP contribution in [-0.2, 0) is 0 Å². The van der Waals surface area contributed by atoms with Crippen LogP contribution >= 0.6 is 0 Å². The average Bonchev–Trinajstić information content (AvgIpc) is 2.59. The van der Waals surface area contributed by atoms with E-state index in [4.69, 9.17) is 5.26 Å². The Morgan fingerprint density at radius 3 is 3.07 bits per heavy atom. The summed E-state index contributed by atoms with van der Waals surface area (Å²) in [5, 5.41) is 8.68. The highest BCUT2D eigenvalue weighted by atomic mass is 19.1. The number of aromatic amines is 1. The Balaban J connectivity index is 2.58. The van der Waals surface area contributed by atoms with Crippen LogP contribution in [0.5, 0.6) is 0 Å². The molecule has 70 valence electrons. The van der Waals surface area contributed by atoms with Gasteiger partial charge in [0, 0.05) is 0 Å². The number of halogens is 1. The van der Waals surface area contributed by atoms with Gasteiger partial charge in [0.15, 0.2) is 0 Å². The molecule has 2 aromatic rings. The molecule has 0 spiro atoms. The van der Waals surface area contributed by atoms with Crippen molar-refractivity contribution < 1.29 is 4.39 Å². The molecular formula is C10H8FN3. The molecule has 0 radical (unpaired) electrons. The number of hydrogen-bond donors (Lipinski definition) is 1. The van der Waals surface area contributed by atoms with Crippen LogP contribution in [0.25, 0.3) is 11.0 Å². The van der Waals surface area contributed by atoms with Crippen molar-refractivity contribution in [1.29, 1.82) is 5.26 Å². The summed E-state index contributed by atoms with van der Waals surface area (Å²) in [4.78, 5) is 7.09. The molecule has 0 fully saturated rings. The van der Waals surface area contributed by atoms with Gasteiger partial charge in [-0.2, -0.15) is 5.26 Å². The van der Waals surface area contributed by atoms with Crippen LogP contribution in [0.15, 0.2) is 18.2 Å². The average molecular weight is 189 g/mol. The van der Waals surface area contributed by atoms with E-state index in [0.717, 1.165) is 0 Å². The number of nitrogens with one attached hydrogen (secondary N) is 1. The zero-order valence-corrected chi connectivity index (χ0v) is 7.58. The Labute approximate surface area is 80.2 Å². The van der Waals surface area contributed by atoms with E-state index in [0.29, 0.717) is 16.9 Å².